The van der Waals surface area contributed by atoms with Crippen LogP contribution in [-0.4, -0.2) is 50.0 Å². The van der Waals surface area contributed by atoms with Crippen LogP contribution in [-0.2, 0) is 11.3 Å². The van der Waals surface area contributed by atoms with Gasteiger partial charge in [-0.25, -0.2) is 4.42 Å². The number of carbonyl (C=O) groups excluding carboxylic acids is 3. The summed E-state index contributed by atoms with van der Waals surface area (Å²) in [4.78, 5) is 38.6. The molecule has 0 spiro atoms. The Morgan fingerprint density at radius 2 is 2.00 bits per heavy atom. The predicted molar refractivity (Wildman–Crippen MR) is 121 cm³/mol. The van der Waals surface area contributed by atoms with Gasteiger partial charge in [0.2, 0.25) is 5.91 Å². The van der Waals surface area contributed by atoms with E-state index in [1.165, 1.54) is 35.6 Å². The molecule has 9 heteroatoms. The summed E-state index contributed by atoms with van der Waals surface area (Å²) in [5, 5.41) is 10.3. The molecule has 0 aromatic carbocycles. The Bertz CT molecular complexity index is 921. The Balaban J connectivity index is 1.41. The van der Waals surface area contributed by atoms with Crippen molar-refractivity contribution in [2.45, 2.75) is 89.3 Å². The fourth-order valence-electron chi connectivity index (χ4n) is 4.81. The highest BCUT2D eigenvalue weighted by Crippen LogP contribution is 2.30. The molecular weight excluding hydrogens is 430 g/mol. The Hall–Kier alpha value is -2.35. The number of allylic oxidation sites excluding steroid dienone is 1. The molecule has 1 atom stereocenters. The van der Waals surface area contributed by atoms with E-state index >= 15 is 0 Å². The number of fused-ring (bicyclic) bond motifs is 1. The SMILES string of the molecule is CC1(C(=O)NC2CCCCC2)Cn2nc(C(=O)NCCC3=CCCCC3)cc2C(=O)N1Cl. The van der Waals surface area contributed by atoms with Crippen LogP contribution in [0.1, 0.15) is 92.1 Å². The zero-order valence-corrected chi connectivity index (χ0v) is 19.4. The maximum atomic E-state index is 13.1. The lowest BCUT2D eigenvalue weighted by atomic mass is 9.93. The molecule has 3 aliphatic rings. The van der Waals surface area contributed by atoms with Crippen molar-refractivity contribution >= 4 is 29.5 Å². The third kappa shape index (κ3) is 4.70. The maximum Gasteiger partial charge on any atom is 0.287 e. The molecule has 0 bridgehead atoms. The van der Waals surface area contributed by atoms with Gasteiger partial charge in [0.15, 0.2) is 11.2 Å². The first-order valence-electron chi connectivity index (χ1n) is 11.7. The summed E-state index contributed by atoms with van der Waals surface area (Å²) in [6.07, 6.45) is 13.0. The summed E-state index contributed by atoms with van der Waals surface area (Å²) >= 11 is 6.35. The Labute approximate surface area is 193 Å². The third-order valence-electron chi connectivity index (χ3n) is 6.85. The monoisotopic (exact) mass is 461 g/mol. The molecule has 3 amide bonds. The van der Waals surface area contributed by atoms with Crippen LogP contribution in [0.2, 0.25) is 0 Å². The summed E-state index contributed by atoms with van der Waals surface area (Å²) in [6.45, 7) is 2.26. The molecule has 4 rings (SSSR count). The highest BCUT2D eigenvalue weighted by Gasteiger charge is 2.48. The number of amides is 3. The molecule has 1 aromatic heterocycles. The predicted octanol–water partition coefficient (Wildman–Crippen LogP) is 3.32. The summed E-state index contributed by atoms with van der Waals surface area (Å²) < 4.78 is 2.39. The molecule has 2 N–H and O–H groups in total. The van der Waals surface area contributed by atoms with E-state index in [2.05, 4.69) is 21.8 Å². The van der Waals surface area contributed by atoms with Gasteiger partial charge in [0.1, 0.15) is 5.69 Å². The van der Waals surface area contributed by atoms with E-state index in [0.29, 0.717) is 6.54 Å². The second-order valence-corrected chi connectivity index (χ2v) is 9.69. The molecular formula is C23H32ClN5O3. The normalized spacial score (nSPS) is 24.0. The van der Waals surface area contributed by atoms with E-state index in [1.54, 1.807) is 6.92 Å². The summed E-state index contributed by atoms with van der Waals surface area (Å²) in [6, 6.07) is 1.55. The molecule has 8 nitrogen and oxygen atoms in total. The first-order chi connectivity index (χ1) is 15.4. The molecule has 1 aromatic rings. The molecule has 1 unspecified atom stereocenters. The van der Waals surface area contributed by atoms with Gasteiger partial charge >= 0.3 is 0 Å². The van der Waals surface area contributed by atoms with Gasteiger partial charge in [-0.2, -0.15) is 5.10 Å². The molecule has 1 saturated carbocycles. The molecule has 32 heavy (non-hydrogen) atoms. The highest BCUT2D eigenvalue weighted by molar-refractivity contribution is 6.26. The van der Waals surface area contributed by atoms with Crippen molar-refractivity contribution in [2.75, 3.05) is 6.54 Å². The number of rotatable bonds is 6. The molecule has 2 heterocycles. The summed E-state index contributed by atoms with van der Waals surface area (Å²) in [5.41, 5.74) is 0.473. The van der Waals surface area contributed by atoms with E-state index in [0.717, 1.165) is 49.4 Å². The lowest BCUT2D eigenvalue weighted by Crippen LogP contribution is -2.62. The molecule has 2 aliphatic carbocycles. The molecule has 0 saturated heterocycles. The van der Waals surface area contributed by atoms with Gasteiger partial charge in [-0.15, -0.1) is 0 Å². The quantitative estimate of drug-likeness (QED) is 0.501. The van der Waals surface area contributed by atoms with Crippen molar-refractivity contribution in [2.24, 2.45) is 0 Å². The zero-order valence-electron chi connectivity index (χ0n) is 18.7. The van der Waals surface area contributed by atoms with Gasteiger partial charge in [-0.05, 0) is 51.9 Å². The second-order valence-electron chi connectivity index (χ2n) is 9.35. The molecule has 1 fully saturated rings. The standard InChI is InChI=1S/C23H32ClN5O3/c1-23(22(32)26-17-10-6-3-7-11-17)15-28-19(21(31)29(23)24)14-18(27-28)20(30)25-13-12-16-8-4-2-5-9-16/h8,14,17H,2-7,9-13,15H2,1H3,(H,25,30)(H,26,32). The fourth-order valence-corrected chi connectivity index (χ4v) is 5.02. The van der Waals surface area contributed by atoms with Crippen LogP contribution in [0, 0.1) is 0 Å². The first-order valence-corrected chi connectivity index (χ1v) is 12.1. The molecule has 1 aliphatic heterocycles. The minimum absolute atomic E-state index is 0.0935. The van der Waals surface area contributed by atoms with Crippen molar-refractivity contribution in [1.82, 2.24) is 24.8 Å². The Morgan fingerprint density at radius 3 is 2.72 bits per heavy atom. The number of halogens is 1. The van der Waals surface area contributed by atoms with Gasteiger partial charge in [0.25, 0.3) is 11.8 Å². The van der Waals surface area contributed by atoms with Gasteiger partial charge < -0.3 is 10.6 Å². The van der Waals surface area contributed by atoms with Gasteiger partial charge in [-0.1, -0.05) is 30.9 Å². The van der Waals surface area contributed by atoms with Crippen LogP contribution < -0.4 is 10.6 Å². The van der Waals surface area contributed by atoms with Crippen LogP contribution in [0.25, 0.3) is 0 Å². The van der Waals surface area contributed by atoms with Crippen molar-refractivity contribution in [1.29, 1.82) is 0 Å². The Morgan fingerprint density at radius 1 is 1.22 bits per heavy atom. The maximum absolute atomic E-state index is 13.1. The largest absolute Gasteiger partial charge is 0.351 e. The van der Waals surface area contributed by atoms with E-state index < -0.39 is 11.4 Å². The topological polar surface area (TPSA) is 96.3 Å². The van der Waals surface area contributed by atoms with Crippen molar-refractivity contribution in [3.63, 3.8) is 0 Å². The van der Waals surface area contributed by atoms with Crippen LogP contribution in [0.3, 0.4) is 0 Å². The van der Waals surface area contributed by atoms with Crippen molar-refractivity contribution in [3.05, 3.63) is 29.1 Å². The minimum Gasteiger partial charge on any atom is -0.351 e. The number of carbonyl (C=O) groups is 3. The van der Waals surface area contributed by atoms with E-state index in [1.807, 2.05) is 0 Å². The van der Waals surface area contributed by atoms with Crippen LogP contribution in [0.5, 0.6) is 0 Å². The van der Waals surface area contributed by atoms with Crippen LogP contribution in [0.15, 0.2) is 17.7 Å². The van der Waals surface area contributed by atoms with Crippen LogP contribution in [0.4, 0.5) is 0 Å². The first kappa shape index (κ1) is 22.8. The van der Waals surface area contributed by atoms with E-state index in [4.69, 9.17) is 11.8 Å². The number of hydrogen-bond acceptors (Lipinski definition) is 4. The van der Waals surface area contributed by atoms with Crippen LogP contribution >= 0.6 is 11.8 Å². The third-order valence-corrected chi connectivity index (χ3v) is 7.37. The molecule has 0 radical (unpaired) electrons. The van der Waals surface area contributed by atoms with Gasteiger partial charge in [0, 0.05) is 30.4 Å². The average molecular weight is 462 g/mol. The smallest absolute Gasteiger partial charge is 0.287 e. The van der Waals surface area contributed by atoms with Crippen molar-refractivity contribution < 1.29 is 14.4 Å². The number of aromatic nitrogens is 2. The lowest BCUT2D eigenvalue weighted by Gasteiger charge is -2.39. The number of hydrogen-bond donors (Lipinski definition) is 2. The van der Waals surface area contributed by atoms with Gasteiger partial charge in [-0.3, -0.25) is 19.1 Å². The lowest BCUT2D eigenvalue weighted by molar-refractivity contribution is -0.131. The summed E-state index contributed by atoms with van der Waals surface area (Å²) in [7, 11) is 0. The average Bonchev–Trinajstić information content (AvgIpc) is 3.23. The van der Waals surface area contributed by atoms with Gasteiger partial charge in [0.05, 0.1) is 6.54 Å². The summed E-state index contributed by atoms with van der Waals surface area (Å²) in [5.74, 6) is -1.15. The number of nitrogens with zero attached hydrogens (tertiary/aromatic N) is 3. The Kier molecular flexibility index (Phi) is 6.88. The van der Waals surface area contributed by atoms with E-state index in [-0.39, 0.29) is 35.8 Å². The molecule has 174 valence electrons. The van der Waals surface area contributed by atoms with Crippen molar-refractivity contribution in [3.8, 4) is 0 Å². The fraction of sp³-hybridized carbons (Fsp3) is 0.652. The second kappa shape index (κ2) is 9.65. The highest BCUT2D eigenvalue weighted by atomic mass is 35.5. The minimum atomic E-state index is -1.28. The zero-order chi connectivity index (χ0) is 22.7. The van der Waals surface area contributed by atoms with E-state index in [9.17, 15) is 14.4 Å². The number of nitrogens with one attached hydrogen (secondary N) is 2.